The molecule has 18 heavy (non-hydrogen) atoms. The van der Waals surface area contributed by atoms with Crippen molar-refractivity contribution in [2.75, 3.05) is 12.4 Å². The topological polar surface area (TPSA) is 69.6 Å². The van der Waals surface area contributed by atoms with Crippen molar-refractivity contribution in [2.45, 2.75) is 26.8 Å². The van der Waals surface area contributed by atoms with Crippen LogP contribution in [0.3, 0.4) is 0 Å². The summed E-state index contributed by atoms with van der Waals surface area (Å²) in [7, 11) is 1.70. The number of urea groups is 1. The van der Waals surface area contributed by atoms with E-state index in [4.69, 9.17) is 5.11 Å². The van der Waals surface area contributed by atoms with Crippen LogP contribution in [0.2, 0.25) is 0 Å². The van der Waals surface area contributed by atoms with Crippen LogP contribution in [0.1, 0.15) is 31.1 Å². The summed E-state index contributed by atoms with van der Waals surface area (Å²) in [6.45, 7) is 6.02. The Morgan fingerprint density at radius 3 is 2.50 bits per heavy atom. The molecule has 0 aliphatic carbocycles. The van der Waals surface area contributed by atoms with Gasteiger partial charge in [-0.3, -0.25) is 5.32 Å². The second kappa shape index (κ2) is 5.86. The van der Waals surface area contributed by atoms with Crippen LogP contribution < -0.4 is 5.32 Å². The van der Waals surface area contributed by atoms with Crippen LogP contribution in [0.25, 0.3) is 0 Å². The average Bonchev–Trinajstić information content (AvgIpc) is 2.74. The highest BCUT2D eigenvalue weighted by Crippen LogP contribution is 2.23. The monoisotopic (exact) mass is 270 g/mol. The zero-order chi connectivity index (χ0) is 13.9. The van der Waals surface area contributed by atoms with Crippen molar-refractivity contribution in [1.29, 1.82) is 0 Å². The second-order valence-corrected chi connectivity index (χ2v) is 5.41. The molecule has 0 saturated heterocycles. The van der Waals surface area contributed by atoms with Gasteiger partial charge in [0, 0.05) is 13.1 Å². The van der Waals surface area contributed by atoms with Gasteiger partial charge in [0.15, 0.2) is 0 Å². The predicted octanol–water partition coefficient (Wildman–Crippen LogP) is 2.95. The lowest BCUT2D eigenvalue weighted by Crippen LogP contribution is -2.40. The Hall–Kier alpha value is -1.56. The molecular weight excluding hydrogens is 252 g/mol. The largest absolute Gasteiger partial charge is 0.478 e. The highest BCUT2D eigenvalue weighted by molar-refractivity contribution is 7.14. The number of carboxylic acid groups (broad SMARTS) is 1. The van der Waals surface area contributed by atoms with Crippen LogP contribution in [0.5, 0.6) is 0 Å². The lowest BCUT2D eigenvalue weighted by molar-refractivity contribution is 0.0698. The van der Waals surface area contributed by atoms with Crippen LogP contribution in [-0.4, -0.2) is 35.1 Å². The third-order valence-corrected chi connectivity index (χ3v) is 3.84. The van der Waals surface area contributed by atoms with E-state index in [1.807, 2.05) is 20.8 Å². The predicted molar refractivity (Wildman–Crippen MR) is 72.4 cm³/mol. The maximum atomic E-state index is 12.0. The van der Waals surface area contributed by atoms with Crippen LogP contribution in [-0.2, 0) is 0 Å². The van der Waals surface area contributed by atoms with Crippen molar-refractivity contribution < 1.29 is 14.7 Å². The van der Waals surface area contributed by atoms with E-state index in [-0.39, 0.29) is 17.6 Å². The third-order valence-electron chi connectivity index (χ3n) is 3.01. The zero-order valence-electron chi connectivity index (χ0n) is 10.9. The number of rotatable bonds is 4. The average molecular weight is 270 g/mol. The van der Waals surface area contributed by atoms with E-state index in [1.54, 1.807) is 17.3 Å². The van der Waals surface area contributed by atoms with Crippen molar-refractivity contribution in [3.63, 3.8) is 0 Å². The fraction of sp³-hybridized carbons (Fsp3) is 0.500. The molecule has 1 unspecified atom stereocenters. The van der Waals surface area contributed by atoms with Crippen molar-refractivity contribution >= 4 is 28.3 Å². The first kappa shape index (κ1) is 14.5. The maximum Gasteiger partial charge on any atom is 0.338 e. The first-order valence-electron chi connectivity index (χ1n) is 5.69. The van der Waals surface area contributed by atoms with Gasteiger partial charge in [-0.05, 0) is 24.3 Å². The normalized spacial score (nSPS) is 12.3. The highest BCUT2D eigenvalue weighted by atomic mass is 32.1. The minimum atomic E-state index is -1.04. The van der Waals surface area contributed by atoms with Crippen LogP contribution >= 0.6 is 11.3 Å². The van der Waals surface area contributed by atoms with Crippen LogP contribution in [0.4, 0.5) is 9.80 Å². The Labute approximate surface area is 110 Å². The molecule has 5 nitrogen and oxygen atoms in total. The number of nitrogens with zero attached hydrogens (tertiary/aromatic N) is 1. The number of nitrogens with one attached hydrogen (secondary N) is 1. The molecule has 2 N–H and O–H groups in total. The molecule has 0 aromatic carbocycles. The van der Waals surface area contributed by atoms with Gasteiger partial charge in [0.2, 0.25) is 0 Å². The molecule has 0 bridgehead atoms. The maximum absolute atomic E-state index is 12.0. The van der Waals surface area contributed by atoms with Gasteiger partial charge in [0.25, 0.3) is 0 Å². The Morgan fingerprint density at radius 2 is 2.00 bits per heavy atom. The fourth-order valence-corrected chi connectivity index (χ4v) is 2.16. The van der Waals surface area contributed by atoms with E-state index in [1.165, 1.54) is 17.4 Å². The van der Waals surface area contributed by atoms with Gasteiger partial charge in [0.1, 0.15) is 5.00 Å². The molecule has 0 aliphatic heterocycles. The number of thiophene rings is 1. The number of carbonyl (C=O) groups excluding carboxylic acids is 1. The number of amides is 2. The van der Waals surface area contributed by atoms with Crippen molar-refractivity contribution in [1.82, 2.24) is 4.90 Å². The molecule has 0 saturated carbocycles. The highest BCUT2D eigenvalue weighted by Gasteiger charge is 2.20. The molecule has 100 valence electrons. The summed E-state index contributed by atoms with van der Waals surface area (Å²) in [5.74, 6) is -0.700. The quantitative estimate of drug-likeness (QED) is 0.883. The smallest absolute Gasteiger partial charge is 0.338 e. The molecule has 6 heteroatoms. The molecule has 1 heterocycles. The minimum absolute atomic E-state index is 0.0817. The summed E-state index contributed by atoms with van der Waals surface area (Å²) in [4.78, 5) is 24.5. The first-order valence-corrected chi connectivity index (χ1v) is 6.57. The van der Waals surface area contributed by atoms with Gasteiger partial charge in [-0.25, -0.2) is 9.59 Å². The van der Waals surface area contributed by atoms with E-state index in [2.05, 4.69) is 5.32 Å². The summed E-state index contributed by atoms with van der Waals surface area (Å²) in [6.07, 6.45) is 0. The fourth-order valence-electron chi connectivity index (χ4n) is 1.39. The second-order valence-electron chi connectivity index (χ2n) is 4.49. The summed E-state index contributed by atoms with van der Waals surface area (Å²) in [5.41, 5.74) is 0.124. The van der Waals surface area contributed by atoms with E-state index >= 15 is 0 Å². The molecule has 1 atom stereocenters. The van der Waals surface area contributed by atoms with Gasteiger partial charge in [-0.2, -0.15) is 0 Å². The van der Waals surface area contributed by atoms with Crippen molar-refractivity contribution in [2.24, 2.45) is 5.92 Å². The lowest BCUT2D eigenvalue weighted by Gasteiger charge is -2.27. The summed E-state index contributed by atoms with van der Waals surface area (Å²) >= 11 is 1.20. The molecule has 0 spiro atoms. The molecule has 0 radical (unpaired) electrons. The number of hydrogen-bond acceptors (Lipinski definition) is 3. The minimum Gasteiger partial charge on any atom is -0.478 e. The van der Waals surface area contributed by atoms with Gasteiger partial charge >= 0.3 is 12.0 Å². The number of carboxylic acids is 1. The van der Waals surface area contributed by atoms with Crippen molar-refractivity contribution in [3.05, 3.63) is 17.0 Å². The molecule has 1 rings (SSSR count). The zero-order valence-corrected chi connectivity index (χ0v) is 11.7. The van der Waals surface area contributed by atoms with E-state index in [9.17, 15) is 9.59 Å². The molecule has 1 aromatic rings. The number of carbonyl (C=O) groups is 2. The van der Waals surface area contributed by atoms with E-state index < -0.39 is 5.97 Å². The van der Waals surface area contributed by atoms with Gasteiger partial charge in [-0.1, -0.05) is 13.8 Å². The summed E-state index contributed by atoms with van der Waals surface area (Å²) in [6, 6.07) is 1.27. The number of aromatic carboxylic acids is 1. The lowest BCUT2D eigenvalue weighted by atomic mass is 10.1. The Kier molecular flexibility index (Phi) is 4.72. The Balaban J connectivity index is 2.76. The molecule has 2 amide bonds. The standard InChI is InChI=1S/C12H18N2O3S/c1-7(2)8(3)14(4)12(17)13-10-9(11(15)16)5-6-18-10/h5-8H,1-4H3,(H,13,17)(H,15,16). The Morgan fingerprint density at radius 1 is 1.39 bits per heavy atom. The third kappa shape index (κ3) is 3.22. The van der Waals surface area contributed by atoms with Gasteiger partial charge < -0.3 is 10.0 Å². The van der Waals surface area contributed by atoms with Crippen LogP contribution in [0.15, 0.2) is 11.4 Å². The number of anilines is 1. The molecule has 0 aliphatic rings. The van der Waals surface area contributed by atoms with Crippen LogP contribution in [0, 0.1) is 5.92 Å². The van der Waals surface area contributed by atoms with Gasteiger partial charge in [-0.15, -0.1) is 11.3 Å². The van der Waals surface area contributed by atoms with E-state index in [0.717, 1.165) is 0 Å². The summed E-state index contributed by atoms with van der Waals surface area (Å²) < 4.78 is 0. The molecule has 0 fully saturated rings. The van der Waals surface area contributed by atoms with Crippen molar-refractivity contribution in [3.8, 4) is 0 Å². The number of hydrogen-bond donors (Lipinski definition) is 2. The molecular formula is C12H18N2O3S. The van der Waals surface area contributed by atoms with Gasteiger partial charge in [0.05, 0.1) is 5.56 Å². The summed E-state index contributed by atoms with van der Waals surface area (Å²) in [5, 5.41) is 13.6. The SMILES string of the molecule is CC(C)C(C)N(C)C(=O)Nc1sccc1C(=O)O. The first-order chi connectivity index (χ1) is 8.34. The Bertz CT molecular complexity index is 442. The molecule has 1 aromatic heterocycles. The van der Waals surface area contributed by atoms with E-state index in [0.29, 0.717) is 10.9 Å².